The summed E-state index contributed by atoms with van der Waals surface area (Å²) >= 11 is 0. The molecule has 0 aliphatic heterocycles. The van der Waals surface area contributed by atoms with Gasteiger partial charge in [-0.05, 0) is 58.9 Å². The summed E-state index contributed by atoms with van der Waals surface area (Å²) in [5.41, 5.74) is 1.37. The van der Waals surface area contributed by atoms with Crippen LogP contribution in [0.15, 0.2) is 6.07 Å². The number of carbonyl (C=O) groups is 1. The first kappa shape index (κ1) is 18.4. The van der Waals surface area contributed by atoms with E-state index in [9.17, 15) is 13.2 Å². The molecule has 25 heavy (non-hydrogen) atoms. The second-order valence-corrected chi connectivity index (χ2v) is 10.9. The van der Waals surface area contributed by atoms with Crippen LogP contribution >= 0.6 is 0 Å². The Morgan fingerprint density at radius 1 is 1.24 bits per heavy atom. The molecule has 0 N–H and O–H groups in total. The van der Waals surface area contributed by atoms with Gasteiger partial charge in [0.25, 0.3) is 5.91 Å². The molecule has 3 rings (SSSR count). The smallest absolute Gasteiger partial charge is 0.274 e. The maximum atomic E-state index is 13.0. The predicted octanol–water partition coefficient (Wildman–Crippen LogP) is 2.55. The predicted molar refractivity (Wildman–Crippen MR) is 97.6 cm³/mol. The molecule has 0 spiro atoms. The van der Waals surface area contributed by atoms with Gasteiger partial charge in [0.1, 0.15) is 0 Å². The van der Waals surface area contributed by atoms with Crippen molar-refractivity contribution in [2.75, 3.05) is 13.3 Å². The van der Waals surface area contributed by atoms with Gasteiger partial charge in [0.2, 0.25) is 0 Å². The normalized spacial score (nSPS) is 24.5. The Balaban J connectivity index is 1.88. The Labute approximate surface area is 150 Å². The maximum absolute atomic E-state index is 13.0. The third kappa shape index (κ3) is 3.61. The number of rotatable bonds is 4. The van der Waals surface area contributed by atoms with E-state index in [0.29, 0.717) is 18.0 Å². The first-order valence-electron chi connectivity index (χ1n) is 9.06. The van der Waals surface area contributed by atoms with E-state index in [1.165, 1.54) is 6.26 Å². The van der Waals surface area contributed by atoms with Crippen LogP contribution < -0.4 is 0 Å². The molecule has 7 heteroatoms. The first-order chi connectivity index (χ1) is 11.5. The fourth-order valence-corrected chi connectivity index (χ4v) is 5.37. The molecule has 1 heterocycles. The summed E-state index contributed by atoms with van der Waals surface area (Å²) in [5.74, 6) is 0.319. The summed E-state index contributed by atoms with van der Waals surface area (Å²) in [6.07, 6.45) is 5.76. The summed E-state index contributed by atoms with van der Waals surface area (Å²) in [4.78, 5) is 14.6. The number of aromatic nitrogens is 2. The van der Waals surface area contributed by atoms with Crippen molar-refractivity contribution in [2.45, 2.75) is 75.6 Å². The van der Waals surface area contributed by atoms with Gasteiger partial charge >= 0.3 is 0 Å². The van der Waals surface area contributed by atoms with E-state index < -0.39 is 15.1 Å². The molecule has 140 valence electrons. The van der Waals surface area contributed by atoms with Crippen molar-refractivity contribution >= 4 is 15.7 Å². The Kier molecular flexibility index (Phi) is 4.50. The van der Waals surface area contributed by atoms with Gasteiger partial charge in [-0.15, -0.1) is 0 Å². The van der Waals surface area contributed by atoms with Crippen molar-refractivity contribution in [1.82, 2.24) is 14.7 Å². The van der Waals surface area contributed by atoms with E-state index in [4.69, 9.17) is 0 Å². The van der Waals surface area contributed by atoms with Crippen LogP contribution in [0.5, 0.6) is 0 Å². The van der Waals surface area contributed by atoms with Crippen LogP contribution in [0, 0.1) is 0 Å². The van der Waals surface area contributed by atoms with Crippen molar-refractivity contribution < 1.29 is 13.2 Å². The molecule has 2 fully saturated rings. The summed E-state index contributed by atoms with van der Waals surface area (Å²) in [5, 5.41) is 4.13. The SMILES string of the molecule is CN(C(=O)c1cc(C2CC2)n(C(C)(C)C)n1)[C@H]1CCC[C@H]1S(C)(=O)=O. The molecule has 2 aliphatic carbocycles. The fourth-order valence-electron chi connectivity index (χ4n) is 3.89. The van der Waals surface area contributed by atoms with Crippen LogP contribution in [-0.4, -0.2) is 53.6 Å². The van der Waals surface area contributed by atoms with Crippen LogP contribution in [0.25, 0.3) is 0 Å². The standard InChI is InChI=1S/C18H29N3O3S/c1-18(2,3)21-15(12-9-10-12)11-13(19-21)17(22)20(4)14-7-6-8-16(14)25(5,23)24/h11-12,14,16H,6-10H2,1-5H3/t14-,16+/m0/s1. The highest BCUT2D eigenvalue weighted by Gasteiger charge is 2.40. The molecule has 2 saturated carbocycles. The number of hydrogen-bond donors (Lipinski definition) is 0. The lowest BCUT2D eigenvalue weighted by molar-refractivity contribution is 0.0729. The lowest BCUT2D eigenvalue weighted by Gasteiger charge is -2.28. The average molecular weight is 368 g/mol. The van der Waals surface area contributed by atoms with E-state index in [1.54, 1.807) is 11.9 Å². The van der Waals surface area contributed by atoms with Crippen LogP contribution in [0.3, 0.4) is 0 Å². The minimum absolute atomic E-state index is 0.176. The van der Waals surface area contributed by atoms with E-state index in [1.807, 2.05) is 10.7 Å². The number of carbonyl (C=O) groups excluding carboxylic acids is 1. The van der Waals surface area contributed by atoms with Crippen molar-refractivity contribution in [3.05, 3.63) is 17.5 Å². The van der Waals surface area contributed by atoms with Gasteiger partial charge in [0.15, 0.2) is 15.5 Å². The quantitative estimate of drug-likeness (QED) is 0.820. The molecular formula is C18H29N3O3S. The lowest BCUT2D eigenvalue weighted by Crippen LogP contribution is -2.44. The van der Waals surface area contributed by atoms with Crippen molar-refractivity contribution in [3.8, 4) is 0 Å². The third-order valence-corrected chi connectivity index (χ3v) is 7.02. The monoisotopic (exact) mass is 367 g/mol. The Hall–Kier alpha value is -1.37. The molecule has 1 amide bonds. The minimum Gasteiger partial charge on any atom is -0.336 e. The number of nitrogens with zero attached hydrogens (tertiary/aromatic N) is 3. The zero-order chi connectivity index (χ0) is 18.6. The molecule has 0 unspecified atom stereocenters. The molecule has 1 aromatic rings. The van der Waals surface area contributed by atoms with Crippen molar-refractivity contribution in [2.24, 2.45) is 0 Å². The van der Waals surface area contributed by atoms with Gasteiger partial charge in [-0.1, -0.05) is 0 Å². The molecule has 0 aromatic carbocycles. The van der Waals surface area contributed by atoms with Gasteiger partial charge < -0.3 is 4.90 Å². The van der Waals surface area contributed by atoms with Crippen molar-refractivity contribution in [3.63, 3.8) is 0 Å². The molecule has 1 aromatic heterocycles. The zero-order valence-electron chi connectivity index (χ0n) is 15.8. The van der Waals surface area contributed by atoms with Crippen LogP contribution in [-0.2, 0) is 15.4 Å². The Morgan fingerprint density at radius 2 is 1.88 bits per heavy atom. The van der Waals surface area contributed by atoms with Gasteiger partial charge in [0.05, 0.1) is 10.8 Å². The van der Waals surface area contributed by atoms with E-state index in [2.05, 4.69) is 25.9 Å². The Morgan fingerprint density at radius 3 is 2.40 bits per heavy atom. The molecule has 2 aliphatic rings. The van der Waals surface area contributed by atoms with Crippen LogP contribution in [0.1, 0.15) is 75.0 Å². The molecule has 0 saturated heterocycles. The maximum Gasteiger partial charge on any atom is 0.274 e. The summed E-state index contributed by atoms with van der Waals surface area (Å²) in [6, 6.07) is 1.65. The number of amides is 1. The van der Waals surface area contributed by atoms with Gasteiger partial charge in [0, 0.05) is 31.0 Å². The van der Waals surface area contributed by atoms with E-state index in [0.717, 1.165) is 31.4 Å². The highest BCUT2D eigenvalue weighted by atomic mass is 32.2. The highest BCUT2D eigenvalue weighted by molar-refractivity contribution is 7.91. The number of sulfone groups is 1. The zero-order valence-corrected chi connectivity index (χ0v) is 16.6. The van der Waals surface area contributed by atoms with E-state index >= 15 is 0 Å². The molecule has 0 bridgehead atoms. The first-order valence-corrected chi connectivity index (χ1v) is 11.0. The van der Waals surface area contributed by atoms with Gasteiger partial charge in [-0.3, -0.25) is 9.48 Å². The topological polar surface area (TPSA) is 72.3 Å². The molecule has 6 nitrogen and oxygen atoms in total. The summed E-state index contributed by atoms with van der Waals surface area (Å²) in [7, 11) is -1.45. The number of hydrogen-bond acceptors (Lipinski definition) is 4. The third-order valence-electron chi connectivity index (χ3n) is 5.37. The van der Waals surface area contributed by atoms with Crippen LogP contribution in [0.2, 0.25) is 0 Å². The Bertz CT molecular complexity index is 772. The fraction of sp³-hybridized carbons (Fsp3) is 0.778. The second-order valence-electron chi connectivity index (χ2n) is 8.59. The van der Waals surface area contributed by atoms with E-state index in [-0.39, 0.29) is 17.5 Å². The molecule has 0 radical (unpaired) electrons. The highest BCUT2D eigenvalue weighted by Crippen LogP contribution is 2.42. The second kappa shape index (κ2) is 6.11. The minimum atomic E-state index is -3.16. The molecular weight excluding hydrogens is 338 g/mol. The summed E-state index contributed by atoms with van der Waals surface area (Å²) in [6.45, 7) is 6.25. The van der Waals surface area contributed by atoms with Gasteiger partial charge in [-0.25, -0.2) is 8.42 Å². The molecule has 2 atom stereocenters. The van der Waals surface area contributed by atoms with Crippen LogP contribution in [0.4, 0.5) is 0 Å². The largest absolute Gasteiger partial charge is 0.336 e. The van der Waals surface area contributed by atoms with Gasteiger partial charge in [-0.2, -0.15) is 5.10 Å². The van der Waals surface area contributed by atoms with Crippen molar-refractivity contribution in [1.29, 1.82) is 0 Å². The lowest BCUT2D eigenvalue weighted by atomic mass is 10.1. The average Bonchev–Trinajstić information content (AvgIpc) is 3.03. The summed E-state index contributed by atoms with van der Waals surface area (Å²) < 4.78 is 26.0.